The van der Waals surface area contributed by atoms with Gasteiger partial charge in [0.05, 0.1) is 0 Å². The Balaban J connectivity index is 0.000000360. The maximum absolute atomic E-state index is 8.56. The van der Waals surface area contributed by atoms with Gasteiger partial charge in [0.15, 0.2) is 0 Å². The summed E-state index contributed by atoms with van der Waals surface area (Å²) in [5, 5.41) is 14.2. The monoisotopic (exact) mass is 124 g/mol. The number of rotatable bonds is 0. The normalized spacial score (nSPS) is 29.6. The zero-order chi connectivity index (χ0) is 4.41. The summed E-state index contributed by atoms with van der Waals surface area (Å²) >= 11 is 0. The first-order valence-electron chi connectivity index (χ1n) is 2.02. The molecule has 1 saturated heterocycles. The Hall–Kier alpha value is 0.170. The predicted octanol–water partition coefficient (Wildman–Crippen LogP) is -1.12. The van der Waals surface area contributed by atoms with Crippen LogP contribution < -0.4 is 10.6 Å². The van der Waals surface area contributed by atoms with Gasteiger partial charge in [-0.25, -0.2) is 0 Å². The van der Waals surface area contributed by atoms with Crippen LogP contribution in [0.1, 0.15) is 0 Å². The van der Waals surface area contributed by atoms with Gasteiger partial charge in [0.25, 0.3) is 0 Å². The van der Waals surface area contributed by atoms with E-state index >= 15 is 0 Å². The average Bonchev–Trinajstić information content (AvgIpc) is 1.86. The summed E-state index contributed by atoms with van der Waals surface area (Å²) in [4.78, 5) is 0. The van der Waals surface area contributed by atoms with E-state index in [1.165, 1.54) is 0 Å². The lowest BCUT2D eigenvalue weighted by molar-refractivity contribution is 0.172. The summed E-state index contributed by atoms with van der Waals surface area (Å²) in [6.45, 7) is 1.42. The highest BCUT2D eigenvalue weighted by molar-refractivity contribution is 5.85. The van der Waals surface area contributed by atoms with Crippen LogP contribution in [0, 0.1) is 0 Å². The molecule has 0 aliphatic carbocycles. The number of hydrogen-bond donors (Lipinski definition) is 3. The Morgan fingerprint density at radius 2 is 2.29 bits per heavy atom. The van der Waals surface area contributed by atoms with Crippen molar-refractivity contribution in [2.45, 2.75) is 6.23 Å². The fourth-order valence-corrected chi connectivity index (χ4v) is 0.471. The molecule has 4 heteroatoms. The van der Waals surface area contributed by atoms with E-state index in [9.17, 15) is 0 Å². The Morgan fingerprint density at radius 1 is 1.57 bits per heavy atom. The van der Waals surface area contributed by atoms with Gasteiger partial charge in [-0.15, -0.1) is 12.4 Å². The highest BCUT2D eigenvalue weighted by Gasteiger charge is 2.06. The van der Waals surface area contributed by atoms with E-state index in [1.807, 2.05) is 0 Å². The lowest BCUT2D eigenvalue weighted by Crippen LogP contribution is -2.21. The lowest BCUT2D eigenvalue weighted by Gasteiger charge is -1.92. The second kappa shape index (κ2) is 3.21. The number of aliphatic hydroxyl groups is 1. The van der Waals surface area contributed by atoms with Gasteiger partial charge in [0.1, 0.15) is 6.23 Å². The van der Waals surface area contributed by atoms with Crippen LogP contribution in [-0.2, 0) is 0 Å². The van der Waals surface area contributed by atoms with Crippen molar-refractivity contribution in [2.75, 3.05) is 13.2 Å². The van der Waals surface area contributed by atoms with Gasteiger partial charge in [-0.3, -0.25) is 5.32 Å². The van der Waals surface area contributed by atoms with Crippen molar-refractivity contribution < 1.29 is 5.11 Å². The molecule has 0 saturated carbocycles. The van der Waals surface area contributed by atoms with E-state index in [-0.39, 0.29) is 18.6 Å². The largest absolute Gasteiger partial charge is 0.377 e. The van der Waals surface area contributed by atoms with Crippen LogP contribution in [0.25, 0.3) is 0 Å². The van der Waals surface area contributed by atoms with Crippen LogP contribution >= 0.6 is 12.4 Å². The Bertz CT molecular complexity index is 46.2. The molecule has 1 unspecified atom stereocenters. The summed E-state index contributed by atoms with van der Waals surface area (Å²) in [6.07, 6.45) is -0.315. The van der Waals surface area contributed by atoms with Crippen molar-refractivity contribution in [1.29, 1.82) is 0 Å². The summed E-state index contributed by atoms with van der Waals surface area (Å²) in [6, 6.07) is 0. The minimum Gasteiger partial charge on any atom is -0.377 e. The van der Waals surface area contributed by atoms with Gasteiger partial charge in [-0.05, 0) is 0 Å². The van der Waals surface area contributed by atoms with E-state index < -0.39 is 0 Å². The van der Waals surface area contributed by atoms with Gasteiger partial charge in [0, 0.05) is 13.2 Å². The van der Waals surface area contributed by atoms with E-state index in [4.69, 9.17) is 5.11 Å². The Labute approximate surface area is 48.5 Å². The van der Waals surface area contributed by atoms with Gasteiger partial charge >= 0.3 is 0 Å². The van der Waals surface area contributed by atoms with E-state index in [0.29, 0.717) is 6.54 Å². The maximum atomic E-state index is 8.56. The first kappa shape index (κ1) is 7.17. The van der Waals surface area contributed by atoms with Crippen molar-refractivity contribution in [1.82, 2.24) is 10.6 Å². The molecule has 0 amide bonds. The molecule has 0 radical (unpaired) electrons. The molecule has 44 valence electrons. The second-order valence-electron chi connectivity index (χ2n) is 1.35. The van der Waals surface area contributed by atoms with Crippen molar-refractivity contribution in [2.24, 2.45) is 0 Å². The molecule has 1 fully saturated rings. The topological polar surface area (TPSA) is 44.3 Å². The summed E-state index contributed by atoms with van der Waals surface area (Å²) in [7, 11) is 0. The summed E-state index contributed by atoms with van der Waals surface area (Å²) in [5.41, 5.74) is 0. The highest BCUT2D eigenvalue weighted by atomic mass is 35.5. The zero-order valence-corrected chi connectivity index (χ0v) is 4.66. The molecule has 3 N–H and O–H groups in total. The van der Waals surface area contributed by atoms with Crippen molar-refractivity contribution in [3.8, 4) is 0 Å². The van der Waals surface area contributed by atoms with Gasteiger partial charge in [-0.1, -0.05) is 0 Å². The smallest absolute Gasteiger partial charge is 0.118 e. The number of aliphatic hydroxyl groups excluding tert-OH is 1. The molecule has 3 nitrogen and oxygen atoms in total. The SMILES string of the molecule is Cl.OC1CNCN1. The molecule has 1 atom stereocenters. The minimum atomic E-state index is -0.315. The molecule has 0 aromatic rings. The van der Waals surface area contributed by atoms with Crippen LogP contribution in [0.15, 0.2) is 0 Å². The summed E-state index contributed by atoms with van der Waals surface area (Å²) in [5.74, 6) is 0. The zero-order valence-electron chi connectivity index (χ0n) is 3.85. The second-order valence-corrected chi connectivity index (χ2v) is 1.35. The van der Waals surface area contributed by atoms with Gasteiger partial charge < -0.3 is 10.4 Å². The molecule has 1 aliphatic heterocycles. The quantitative estimate of drug-likeness (QED) is 0.383. The fourth-order valence-electron chi connectivity index (χ4n) is 0.471. The first-order valence-corrected chi connectivity index (χ1v) is 2.02. The van der Waals surface area contributed by atoms with E-state index in [1.54, 1.807) is 0 Å². The molecule has 1 heterocycles. The van der Waals surface area contributed by atoms with Gasteiger partial charge in [-0.2, -0.15) is 0 Å². The molecular formula is C3H9ClN2O. The molecule has 1 rings (SSSR count). The van der Waals surface area contributed by atoms with Crippen LogP contribution in [0.3, 0.4) is 0 Å². The van der Waals surface area contributed by atoms with Crippen LogP contribution in [0.4, 0.5) is 0 Å². The number of β-amino-alcohol motifs (C(OH)–C–C–N with tert-alkyl or cyclic N) is 1. The number of hydrogen-bond acceptors (Lipinski definition) is 3. The van der Waals surface area contributed by atoms with Crippen molar-refractivity contribution >= 4 is 12.4 Å². The summed E-state index contributed by atoms with van der Waals surface area (Å²) < 4.78 is 0. The third-order valence-corrected chi connectivity index (χ3v) is 0.800. The van der Waals surface area contributed by atoms with E-state index in [0.717, 1.165) is 6.67 Å². The highest BCUT2D eigenvalue weighted by Crippen LogP contribution is 1.76. The third-order valence-electron chi connectivity index (χ3n) is 0.800. The average molecular weight is 125 g/mol. The maximum Gasteiger partial charge on any atom is 0.118 e. The number of nitrogens with one attached hydrogen (secondary N) is 2. The number of halogens is 1. The molecule has 7 heavy (non-hydrogen) atoms. The Morgan fingerprint density at radius 3 is 2.43 bits per heavy atom. The van der Waals surface area contributed by atoms with Crippen LogP contribution in [0.5, 0.6) is 0 Å². The molecule has 0 spiro atoms. The molecule has 0 bridgehead atoms. The standard InChI is InChI=1S/C3H8N2O.ClH/c6-3-1-4-2-5-3;/h3-6H,1-2H2;1H. The van der Waals surface area contributed by atoms with Crippen LogP contribution in [0.2, 0.25) is 0 Å². The van der Waals surface area contributed by atoms with Crippen molar-refractivity contribution in [3.63, 3.8) is 0 Å². The third kappa shape index (κ3) is 2.09. The molecule has 0 aromatic heterocycles. The molecule has 1 aliphatic rings. The molecule has 0 aromatic carbocycles. The first-order chi connectivity index (χ1) is 2.89. The Kier molecular flexibility index (Phi) is 3.29. The minimum absolute atomic E-state index is 0. The lowest BCUT2D eigenvalue weighted by atomic mass is 10.6. The predicted molar refractivity (Wildman–Crippen MR) is 29.3 cm³/mol. The fraction of sp³-hybridized carbons (Fsp3) is 1.00. The van der Waals surface area contributed by atoms with Gasteiger partial charge in [0.2, 0.25) is 0 Å². The van der Waals surface area contributed by atoms with E-state index in [2.05, 4.69) is 10.6 Å². The van der Waals surface area contributed by atoms with Crippen molar-refractivity contribution in [3.05, 3.63) is 0 Å². The molecular weight excluding hydrogens is 115 g/mol. The van der Waals surface area contributed by atoms with Crippen LogP contribution in [-0.4, -0.2) is 24.5 Å².